The summed E-state index contributed by atoms with van der Waals surface area (Å²) in [5.74, 6) is -0.0589. The zero-order valence-corrected chi connectivity index (χ0v) is 15.5. The highest BCUT2D eigenvalue weighted by Crippen LogP contribution is 2.36. The van der Waals surface area contributed by atoms with Gasteiger partial charge in [0.2, 0.25) is 0 Å². The molecule has 1 amide bonds. The van der Waals surface area contributed by atoms with Crippen molar-refractivity contribution in [1.29, 1.82) is 0 Å². The van der Waals surface area contributed by atoms with Crippen LogP contribution in [0.5, 0.6) is 0 Å². The minimum atomic E-state index is -0.0589. The molecule has 2 aromatic carbocycles. The van der Waals surface area contributed by atoms with Crippen molar-refractivity contribution in [2.45, 2.75) is 0 Å². The molecular weight excluding hydrogens is 350 g/mol. The van der Waals surface area contributed by atoms with E-state index in [1.807, 2.05) is 65.5 Å². The van der Waals surface area contributed by atoms with E-state index in [0.29, 0.717) is 5.57 Å². The van der Waals surface area contributed by atoms with Crippen molar-refractivity contribution >= 4 is 28.9 Å². The third kappa shape index (κ3) is 3.00. The average Bonchev–Trinajstić information content (AvgIpc) is 3.37. The molecule has 0 saturated carbocycles. The number of ether oxygens (including phenoxy) is 1. The van der Waals surface area contributed by atoms with E-state index in [2.05, 4.69) is 22.3 Å². The van der Waals surface area contributed by atoms with Crippen molar-refractivity contribution < 1.29 is 9.53 Å². The van der Waals surface area contributed by atoms with Gasteiger partial charge in [-0.15, -0.1) is 0 Å². The van der Waals surface area contributed by atoms with Gasteiger partial charge in [-0.3, -0.25) is 4.79 Å². The standard InChI is InChI=1S/C23H21N3O2/c27-23-20(15-17-5-1-2-6-22(17)26-11-13-28-14-12-26)19-8-7-18(16-21(19)24-23)25-9-3-4-10-25/h1-10,15-16H,11-14H2,(H,24,27). The van der Waals surface area contributed by atoms with Crippen LogP contribution in [0.4, 0.5) is 11.4 Å². The molecule has 28 heavy (non-hydrogen) atoms. The van der Waals surface area contributed by atoms with Gasteiger partial charge in [0.05, 0.1) is 18.9 Å². The minimum absolute atomic E-state index is 0.0589. The monoisotopic (exact) mass is 371 g/mol. The van der Waals surface area contributed by atoms with E-state index >= 15 is 0 Å². The fourth-order valence-corrected chi connectivity index (χ4v) is 3.85. The molecule has 5 rings (SSSR count). The summed E-state index contributed by atoms with van der Waals surface area (Å²) in [4.78, 5) is 15.0. The Kier molecular flexibility index (Phi) is 4.22. The van der Waals surface area contributed by atoms with Gasteiger partial charge in [0.1, 0.15) is 0 Å². The summed E-state index contributed by atoms with van der Waals surface area (Å²) in [5.41, 5.74) is 5.72. The lowest BCUT2D eigenvalue weighted by molar-refractivity contribution is -0.110. The van der Waals surface area contributed by atoms with Gasteiger partial charge in [-0.05, 0) is 42.0 Å². The topological polar surface area (TPSA) is 46.5 Å². The highest BCUT2D eigenvalue weighted by molar-refractivity contribution is 6.35. The van der Waals surface area contributed by atoms with Gasteiger partial charge >= 0.3 is 0 Å². The number of fused-ring (bicyclic) bond motifs is 1. The minimum Gasteiger partial charge on any atom is -0.378 e. The summed E-state index contributed by atoms with van der Waals surface area (Å²) in [7, 11) is 0. The number of anilines is 2. The molecule has 2 aliphatic heterocycles. The Balaban J connectivity index is 1.53. The van der Waals surface area contributed by atoms with Crippen molar-refractivity contribution in [2.24, 2.45) is 0 Å². The predicted octanol–water partition coefficient (Wildman–Crippen LogP) is 3.81. The number of amides is 1. The molecule has 2 aliphatic rings. The van der Waals surface area contributed by atoms with Crippen LogP contribution in [0, 0.1) is 0 Å². The van der Waals surface area contributed by atoms with Crippen molar-refractivity contribution in [3.05, 3.63) is 78.1 Å². The quantitative estimate of drug-likeness (QED) is 0.712. The number of hydrogen-bond acceptors (Lipinski definition) is 3. The molecule has 1 N–H and O–H groups in total. The number of carbonyl (C=O) groups is 1. The molecule has 3 aromatic rings. The SMILES string of the molecule is O=C1Nc2cc(-n3cccc3)ccc2C1=Cc1ccccc1N1CCOCC1. The highest BCUT2D eigenvalue weighted by atomic mass is 16.5. The molecule has 5 nitrogen and oxygen atoms in total. The molecule has 0 atom stereocenters. The maximum absolute atomic E-state index is 12.7. The molecule has 0 bridgehead atoms. The van der Waals surface area contributed by atoms with Gasteiger partial charge in [-0.2, -0.15) is 0 Å². The molecule has 0 spiro atoms. The van der Waals surface area contributed by atoms with Crippen molar-refractivity contribution in [2.75, 3.05) is 36.5 Å². The van der Waals surface area contributed by atoms with Crippen LogP contribution in [0.1, 0.15) is 11.1 Å². The number of nitrogens with one attached hydrogen (secondary N) is 1. The smallest absolute Gasteiger partial charge is 0.256 e. The second-order valence-electron chi connectivity index (χ2n) is 6.99. The molecule has 0 radical (unpaired) electrons. The van der Waals surface area contributed by atoms with E-state index in [0.717, 1.165) is 54.5 Å². The van der Waals surface area contributed by atoms with E-state index in [1.54, 1.807) is 0 Å². The number of para-hydroxylation sites is 1. The number of nitrogens with zero attached hydrogens (tertiary/aromatic N) is 2. The molecule has 1 aromatic heterocycles. The molecule has 0 aliphatic carbocycles. The van der Waals surface area contributed by atoms with Crippen molar-refractivity contribution in [3.8, 4) is 5.69 Å². The van der Waals surface area contributed by atoms with Crippen LogP contribution in [-0.2, 0) is 9.53 Å². The number of hydrogen-bond donors (Lipinski definition) is 1. The van der Waals surface area contributed by atoms with E-state index < -0.39 is 0 Å². The van der Waals surface area contributed by atoms with E-state index in [-0.39, 0.29) is 5.91 Å². The maximum atomic E-state index is 12.7. The van der Waals surface area contributed by atoms with Crippen LogP contribution in [0.3, 0.4) is 0 Å². The zero-order valence-electron chi connectivity index (χ0n) is 15.5. The third-order valence-corrected chi connectivity index (χ3v) is 5.28. The number of carbonyl (C=O) groups excluding carboxylic acids is 1. The molecule has 1 saturated heterocycles. The lowest BCUT2D eigenvalue weighted by Crippen LogP contribution is -2.36. The first-order valence-electron chi connectivity index (χ1n) is 9.52. The average molecular weight is 371 g/mol. The van der Waals surface area contributed by atoms with Crippen LogP contribution >= 0.6 is 0 Å². The predicted molar refractivity (Wildman–Crippen MR) is 112 cm³/mol. The molecule has 1 fully saturated rings. The Morgan fingerprint density at radius 1 is 0.964 bits per heavy atom. The number of aromatic nitrogens is 1. The van der Waals surface area contributed by atoms with Gasteiger partial charge in [-0.25, -0.2) is 0 Å². The summed E-state index contributed by atoms with van der Waals surface area (Å²) < 4.78 is 7.51. The van der Waals surface area contributed by atoms with Gasteiger partial charge in [0.15, 0.2) is 0 Å². The molecule has 0 unspecified atom stereocenters. The number of morpholine rings is 1. The Morgan fingerprint density at radius 2 is 1.75 bits per heavy atom. The second-order valence-corrected chi connectivity index (χ2v) is 6.99. The van der Waals surface area contributed by atoms with Gasteiger partial charge in [-0.1, -0.05) is 24.3 Å². The van der Waals surface area contributed by atoms with Crippen molar-refractivity contribution in [1.82, 2.24) is 4.57 Å². The Bertz CT molecular complexity index is 1050. The largest absolute Gasteiger partial charge is 0.378 e. The van der Waals surface area contributed by atoms with Gasteiger partial charge in [0.25, 0.3) is 5.91 Å². The first kappa shape index (κ1) is 16.8. The zero-order chi connectivity index (χ0) is 18.9. The lowest BCUT2D eigenvalue weighted by Gasteiger charge is -2.30. The summed E-state index contributed by atoms with van der Waals surface area (Å²) in [5, 5.41) is 3.01. The summed E-state index contributed by atoms with van der Waals surface area (Å²) in [6.45, 7) is 3.19. The number of rotatable bonds is 3. The third-order valence-electron chi connectivity index (χ3n) is 5.28. The first-order chi connectivity index (χ1) is 13.8. The normalized spacial score (nSPS) is 17.6. The molecular formula is C23H21N3O2. The van der Waals surface area contributed by atoms with Crippen LogP contribution in [0.15, 0.2) is 67.0 Å². The van der Waals surface area contributed by atoms with Crippen LogP contribution in [0.25, 0.3) is 17.3 Å². The second kappa shape index (κ2) is 7.02. The first-order valence-corrected chi connectivity index (χ1v) is 9.52. The van der Waals surface area contributed by atoms with Crippen LogP contribution in [-0.4, -0.2) is 36.8 Å². The maximum Gasteiger partial charge on any atom is 0.256 e. The van der Waals surface area contributed by atoms with Crippen LogP contribution in [0.2, 0.25) is 0 Å². The van der Waals surface area contributed by atoms with Crippen LogP contribution < -0.4 is 10.2 Å². The molecule has 140 valence electrons. The Labute approximate surface area is 163 Å². The van der Waals surface area contributed by atoms with Gasteiger partial charge < -0.3 is 19.5 Å². The summed E-state index contributed by atoms with van der Waals surface area (Å²) >= 11 is 0. The highest BCUT2D eigenvalue weighted by Gasteiger charge is 2.25. The number of benzene rings is 2. The Morgan fingerprint density at radius 3 is 2.57 bits per heavy atom. The van der Waals surface area contributed by atoms with Gasteiger partial charge in [0, 0.05) is 48.0 Å². The Hall–Kier alpha value is -3.31. The van der Waals surface area contributed by atoms with E-state index in [9.17, 15) is 4.79 Å². The fourth-order valence-electron chi connectivity index (χ4n) is 3.85. The van der Waals surface area contributed by atoms with Crippen molar-refractivity contribution in [3.63, 3.8) is 0 Å². The molecule has 5 heteroatoms. The summed E-state index contributed by atoms with van der Waals surface area (Å²) in [6, 6.07) is 18.3. The summed E-state index contributed by atoms with van der Waals surface area (Å²) in [6.07, 6.45) is 5.99. The molecule has 3 heterocycles. The van der Waals surface area contributed by atoms with E-state index in [4.69, 9.17) is 4.74 Å². The lowest BCUT2D eigenvalue weighted by atomic mass is 10.0. The fraction of sp³-hybridized carbons (Fsp3) is 0.174. The van der Waals surface area contributed by atoms with E-state index in [1.165, 1.54) is 0 Å².